The van der Waals surface area contributed by atoms with Crippen molar-refractivity contribution in [2.75, 3.05) is 17.2 Å². The van der Waals surface area contributed by atoms with Crippen LogP contribution in [0.4, 0.5) is 20.3 Å². The number of fused-ring (bicyclic) bond motifs is 2. The number of thiophene rings is 1. The maximum atomic E-state index is 14.0. The van der Waals surface area contributed by atoms with Crippen LogP contribution in [-0.4, -0.2) is 17.4 Å². The summed E-state index contributed by atoms with van der Waals surface area (Å²) in [5.41, 5.74) is 10.1. The van der Waals surface area contributed by atoms with Crippen LogP contribution < -0.4 is 10.6 Å². The van der Waals surface area contributed by atoms with Gasteiger partial charge in [0.05, 0.1) is 11.1 Å². The average Bonchev–Trinajstić information content (AvgIpc) is 3.38. The molecule has 0 atom stereocenters. The van der Waals surface area contributed by atoms with Gasteiger partial charge in [0.25, 0.3) is 0 Å². The van der Waals surface area contributed by atoms with Gasteiger partial charge in [-0.05, 0) is 75.9 Å². The highest BCUT2D eigenvalue weighted by Crippen LogP contribution is 2.41. The number of halogens is 3. The Hall–Kier alpha value is -2.59. The van der Waals surface area contributed by atoms with Crippen LogP contribution in [0.15, 0.2) is 48.0 Å². The largest absolute Gasteiger partial charge is 0.383 e. The van der Waals surface area contributed by atoms with Crippen molar-refractivity contribution in [1.29, 1.82) is 0 Å². The number of aromatic nitrogens is 1. The first kappa shape index (κ1) is 20.3. The van der Waals surface area contributed by atoms with Gasteiger partial charge in [-0.3, -0.25) is 4.79 Å². The van der Waals surface area contributed by atoms with E-state index in [2.05, 4.69) is 39.0 Å². The summed E-state index contributed by atoms with van der Waals surface area (Å²) in [6.45, 7) is 0.514. The second-order valence-electron chi connectivity index (χ2n) is 7.40. The molecule has 1 amide bonds. The SMILES string of the molecule is Nc1ncc(I)c2scc(-c3ccc4c(c3)CCN4C(=O)Cc3cc(F)ccc3F)c12. The molecule has 4 nitrogen and oxygen atoms in total. The van der Waals surface area contributed by atoms with Gasteiger partial charge in [0, 0.05) is 38.5 Å². The Balaban J connectivity index is 1.46. The normalized spacial score (nSPS) is 13.1. The number of benzene rings is 2. The van der Waals surface area contributed by atoms with Gasteiger partial charge in [-0.1, -0.05) is 6.07 Å². The minimum absolute atomic E-state index is 0.0670. The average molecular weight is 547 g/mol. The number of pyridine rings is 1. The summed E-state index contributed by atoms with van der Waals surface area (Å²) in [5, 5.41) is 3.03. The van der Waals surface area contributed by atoms with Gasteiger partial charge in [-0.25, -0.2) is 13.8 Å². The molecule has 5 rings (SSSR count). The fourth-order valence-electron chi connectivity index (χ4n) is 4.02. The van der Waals surface area contributed by atoms with E-state index in [1.54, 1.807) is 22.4 Å². The minimum Gasteiger partial charge on any atom is -0.383 e. The number of hydrogen-bond acceptors (Lipinski definition) is 4. The molecule has 1 aliphatic rings. The number of carbonyl (C=O) groups excluding carboxylic acids is 1. The molecule has 3 heterocycles. The topological polar surface area (TPSA) is 59.2 Å². The van der Waals surface area contributed by atoms with Crippen LogP contribution in [0.3, 0.4) is 0 Å². The molecule has 4 aromatic rings. The molecule has 8 heteroatoms. The van der Waals surface area contributed by atoms with E-state index >= 15 is 0 Å². The second-order valence-corrected chi connectivity index (χ2v) is 9.44. The molecule has 0 saturated carbocycles. The summed E-state index contributed by atoms with van der Waals surface area (Å²) >= 11 is 3.89. The molecule has 0 unspecified atom stereocenters. The summed E-state index contributed by atoms with van der Waals surface area (Å²) in [5.74, 6) is -0.877. The zero-order chi connectivity index (χ0) is 21.7. The van der Waals surface area contributed by atoms with Crippen molar-refractivity contribution in [3.05, 3.63) is 74.3 Å². The highest BCUT2D eigenvalue weighted by atomic mass is 127. The lowest BCUT2D eigenvalue weighted by atomic mass is 10.0. The van der Waals surface area contributed by atoms with E-state index in [0.717, 1.165) is 54.2 Å². The Labute approximate surface area is 194 Å². The zero-order valence-electron chi connectivity index (χ0n) is 16.2. The Morgan fingerprint density at radius 1 is 1.23 bits per heavy atom. The maximum absolute atomic E-state index is 14.0. The lowest BCUT2D eigenvalue weighted by molar-refractivity contribution is -0.117. The molecule has 2 aromatic carbocycles. The lowest BCUT2D eigenvalue weighted by Gasteiger charge is -2.18. The lowest BCUT2D eigenvalue weighted by Crippen LogP contribution is -2.30. The number of nitrogens with zero attached hydrogens (tertiary/aromatic N) is 2. The highest BCUT2D eigenvalue weighted by Gasteiger charge is 2.26. The number of amides is 1. The van der Waals surface area contributed by atoms with E-state index < -0.39 is 11.6 Å². The number of anilines is 2. The fraction of sp³-hybridized carbons (Fsp3) is 0.130. The van der Waals surface area contributed by atoms with Crippen LogP contribution in [0.25, 0.3) is 21.2 Å². The van der Waals surface area contributed by atoms with E-state index in [1.807, 2.05) is 12.1 Å². The third-order valence-corrected chi connectivity index (χ3v) is 7.71. The van der Waals surface area contributed by atoms with Crippen molar-refractivity contribution < 1.29 is 13.6 Å². The molecule has 0 saturated heterocycles. The van der Waals surface area contributed by atoms with Crippen LogP contribution in [-0.2, 0) is 17.6 Å². The Bertz CT molecular complexity index is 1350. The fourth-order valence-corrected chi connectivity index (χ4v) is 5.79. The summed E-state index contributed by atoms with van der Waals surface area (Å²) < 4.78 is 29.6. The number of rotatable bonds is 3. The Morgan fingerprint density at radius 2 is 2.06 bits per heavy atom. The van der Waals surface area contributed by atoms with Crippen LogP contribution >= 0.6 is 33.9 Å². The summed E-state index contributed by atoms with van der Waals surface area (Å²) in [7, 11) is 0. The zero-order valence-corrected chi connectivity index (χ0v) is 19.1. The molecule has 2 aromatic heterocycles. The van der Waals surface area contributed by atoms with E-state index in [4.69, 9.17) is 5.73 Å². The number of nitrogen functional groups attached to an aromatic ring is 1. The van der Waals surface area contributed by atoms with Crippen LogP contribution in [0.2, 0.25) is 0 Å². The highest BCUT2D eigenvalue weighted by molar-refractivity contribution is 14.1. The van der Waals surface area contributed by atoms with Crippen molar-refractivity contribution >= 4 is 61.4 Å². The first-order chi connectivity index (χ1) is 14.9. The molecule has 0 aliphatic carbocycles. The van der Waals surface area contributed by atoms with E-state index in [9.17, 15) is 13.6 Å². The predicted molar refractivity (Wildman–Crippen MR) is 128 cm³/mol. The summed E-state index contributed by atoms with van der Waals surface area (Å²) in [4.78, 5) is 18.8. The van der Waals surface area contributed by atoms with Gasteiger partial charge in [0.2, 0.25) is 5.91 Å². The molecule has 0 spiro atoms. The van der Waals surface area contributed by atoms with E-state index in [1.165, 1.54) is 0 Å². The van der Waals surface area contributed by atoms with Crippen molar-refractivity contribution in [1.82, 2.24) is 4.98 Å². The Morgan fingerprint density at radius 3 is 2.90 bits per heavy atom. The van der Waals surface area contributed by atoms with Gasteiger partial charge < -0.3 is 10.6 Å². The van der Waals surface area contributed by atoms with E-state index in [-0.39, 0.29) is 17.9 Å². The molecule has 0 bridgehead atoms. The first-order valence-corrected chi connectivity index (χ1v) is 11.6. The molecule has 0 fully saturated rings. The molecular formula is C23H16F2IN3OS. The minimum atomic E-state index is -0.574. The number of carbonyl (C=O) groups is 1. The standard InChI is InChI=1S/C23H16F2IN3OS/c24-15-2-3-17(25)14(8-15)9-20(30)29-6-5-13-7-12(1-4-19(13)29)16-11-31-22-18(26)10-28-23(27)21(16)22/h1-4,7-8,10-11H,5-6,9H2,(H2,27,28). The molecule has 0 radical (unpaired) electrons. The van der Waals surface area contributed by atoms with Crippen molar-refractivity contribution in [2.24, 2.45) is 0 Å². The molecule has 31 heavy (non-hydrogen) atoms. The molecule has 1 aliphatic heterocycles. The number of hydrogen-bond donors (Lipinski definition) is 1. The van der Waals surface area contributed by atoms with Gasteiger partial charge in [-0.2, -0.15) is 0 Å². The maximum Gasteiger partial charge on any atom is 0.231 e. The quantitative estimate of drug-likeness (QED) is 0.342. The van der Waals surface area contributed by atoms with Crippen molar-refractivity contribution in [3.8, 4) is 11.1 Å². The number of nitrogens with two attached hydrogens (primary N) is 1. The smallest absolute Gasteiger partial charge is 0.231 e. The third kappa shape index (κ3) is 3.57. The molecule has 2 N–H and O–H groups in total. The van der Waals surface area contributed by atoms with E-state index in [0.29, 0.717) is 18.8 Å². The monoisotopic (exact) mass is 547 g/mol. The summed E-state index contributed by atoms with van der Waals surface area (Å²) in [6, 6.07) is 9.13. The van der Waals surface area contributed by atoms with Gasteiger partial charge >= 0.3 is 0 Å². The second kappa shape index (κ2) is 7.83. The first-order valence-electron chi connectivity index (χ1n) is 9.61. The molecular weight excluding hydrogens is 531 g/mol. The van der Waals surface area contributed by atoms with Crippen LogP contribution in [0, 0.1) is 15.2 Å². The van der Waals surface area contributed by atoms with Gasteiger partial charge in [0.1, 0.15) is 17.5 Å². The van der Waals surface area contributed by atoms with Gasteiger partial charge in [0.15, 0.2) is 0 Å². The van der Waals surface area contributed by atoms with Crippen molar-refractivity contribution in [2.45, 2.75) is 12.8 Å². The summed E-state index contributed by atoms with van der Waals surface area (Å²) in [6.07, 6.45) is 2.29. The Kier molecular flexibility index (Phi) is 5.13. The van der Waals surface area contributed by atoms with Gasteiger partial charge in [-0.15, -0.1) is 11.3 Å². The predicted octanol–water partition coefficient (Wildman–Crippen LogP) is 5.56. The van der Waals surface area contributed by atoms with Crippen molar-refractivity contribution in [3.63, 3.8) is 0 Å². The van der Waals surface area contributed by atoms with Crippen LogP contribution in [0.1, 0.15) is 11.1 Å². The van der Waals surface area contributed by atoms with Crippen LogP contribution in [0.5, 0.6) is 0 Å². The molecule has 156 valence electrons. The third-order valence-electron chi connectivity index (χ3n) is 5.52.